The van der Waals surface area contributed by atoms with Gasteiger partial charge in [0.05, 0.1) is 6.04 Å². The summed E-state index contributed by atoms with van der Waals surface area (Å²) in [6, 6.07) is 16.7. The van der Waals surface area contributed by atoms with Crippen LogP contribution in [0.5, 0.6) is 0 Å². The van der Waals surface area contributed by atoms with Gasteiger partial charge in [0.15, 0.2) is 0 Å². The molecular weight excluding hydrogens is 366 g/mol. The summed E-state index contributed by atoms with van der Waals surface area (Å²) in [7, 11) is 0. The number of fused-ring (bicyclic) bond motifs is 1. The molecule has 0 unspecified atom stereocenters. The van der Waals surface area contributed by atoms with E-state index in [-0.39, 0.29) is 36.3 Å². The summed E-state index contributed by atoms with van der Waals surface area (Å²) in [5, 5.41) is 3.00. The fourth-order valence-electron chi connectivity index (χ4n) is 4.09. The summed E-state index contributed by atoms with van der Waals surface area (Å²) in [5.41, 5.74) is 2.52. The summed E-state index contributed by atoms with van der Waals surface area (Å²) in [4.78, 5) is 40.8. The quantitative estimate of drug-likeness (QED) is 0.851. The van der Waals surface area contributed by atoms with Crippen molar-refractivity contribution in [1.82, 2.24) is 15.1 Å². The van der Waals surface area contributed by atoms with Gasteiger partial charge < -0.3 is 15.1 Å². The SMILES string of the molecule is C[C@@H](NC(=O)c1ccc(CN2CC(=O)N3CCC[C@@H]3C2=O)cc1)c1ccccc1. The van der Waals surface area contributed by atoms with Crippen LogP contribution in [-0.2, 0) is 16.1 Å². The Kier molecular flexibility index (Phi) is 5.34. The van der Waals surface area contributed by atoms with Crippen molar-refractivity contribution in [2.24, 2.45) is 0 Å². The molecule has 0 spiro atoms. The van der Waals surface area contributed by atoms with Crippen molar-refractivity contribution in [3.05, 3.63) is 71.3 Å². The van der Waals surface area contributed by atoms with E-state index in [1.807, 2.05) is 49.4 Å². The Hall–Kier alpha value is -3.15. The van der Waals surface area contributed by atoms with E-state index in [4.69, 9.17) is 0 Å². The van der Waals surface area contributed by atoms with Gasteiger partial charge in [0, 0.05) is 18.7 Å². The zero-order valence-electron chi connectivity index (χ0n) is 16.5. The van der Waals surface area contributed by atoms with Crippen LogP contribution in [0.1, 0.15) is 47.3 Å². The molecule has 2 saturated heterocycles. The molecule has 0 bridgehead atoms. The molecule has 1 N–H and O–H groups in total. The van der Waals surface area contributed by atoms with E-state index >= 15 is 0 Å². The number of rotatable bonds is 5. The third kappa shape index (κ3) is 4.01. The fraction of sp³-hybridized carbons (Fsp3) is 0.348. The molecule has 2 aromatic carbocycles. The van der Waals surface area contributed by atoms with E-state index in [0.717, 1.165) is 24.0 Å². The van der Waals surface area contributed by atoms with Crippen LogP contribution in [0, 0.1) is 0 Å². The number of amides is 3. The molecule has 0 aliphatic carbocycles. The summed E-state index contributed by atoms with van der Waals surface area (Å²) in [6.07, 6.45) is 1.64. The van der Waals surface area contributed by atoms with Crippen molar-refractivity contribution in [2.75, 3.05) is 13.1 Å². The van der Waals surface area contributed by atoms with Crippen molar-refractivity contribution in [3.63, 3.8) is 0 Å². The molecule has 29 heavy (non-hydrogen) atoms. The lowest BCUT2D eigenvalue weighted by molar-refractivity contribution is -0.154. The third-order valence-corrected chi connectivity index (χ3v) is 5.73. The van der Waals surface area contributed by atoms with Crippen LogP contribution >= 0.6 is 0 Å². The van der Waals surface area contributed by atoms with Gasteiger partial charge in [-0.3, -0.25) is 14.4 Å². The second-order valence-corrected chi connectivity index (χ2v) is 7.74. The van der Waals surface area contributed by atoms with Crippen LogP contribution in [0.2, 0.25) is 0 Å². The van der Waals surface area contributed by atoms with Crippen molar-refractivity contribution in [3.8, 4) is 0 Å². The molecule has 2 aliphatic heterocycles. The maximum absolute atomic E-state index is 12.7. The van der Waals surface area contributed by atoms with Crippen molar-refractivity contribution in [2.45, 2.75) is 38.4 Å². The Labute approximate surface area is 170 Å². The Balaban J connectivity index is 1.38. The van der Waals surface area contributed by atoms with Gasteiger partial charge in [-0.05, 0) is 43.0 Å². The molecule has 2 heterocycles. The van der Waals surface area contributed by atoms with Gasteiger partial charge in [-0.2, -0.15) is 0 Å². The average Bonchev–Trinajstić information content (AvgIpc) is 3.24. The van der Waals surface area contributed by atoms with E-state index in [1.54, 1.807) is 21.9 Å². The first-order valence-corrected chi connectivity index (χ1v) is 10.1. The number of carbonyl (C=O) groups excluding carboxylic acids is 3. The Morgan fingerprint density at radius 3 is 2.55 bits per heavy atom. The minimum absolute atomic E-state index is 0.0259. The second kappa shape index (κ2) is 8.07. The molecule has 0 radical (unpaired) electrons. The van der Waals surface area contributed by atoms with Gasteiger partial charge in [0.25, 0.3) is 5.91 Å². The lowest BCUT2D eigenvalue weighted by Gasteiger charge is -2.36. The predicted molar refractivity (Wildman–Crippen MR) is 109 cm³/mol. The molecule has 2 atom stereocenters. The highest BCUT2D eigenvalue weighted by Gasteiger charge is 2.41. The highest BCUT2D eigenvalue weighted by Crippen LogP contribution is 2.24. The molecule has 6 heteroatoms. The number of benzene rings is 2. The number of hydrogen-bond acceptors (Lipinski definition) is 3. The molecule has 4 rings (SSSR count). The molecule has 2 aliphatic rings. The maximum atomic E-state index is 12.7. The monoisotopic (exact) mass is 391 g/mol. The van der Waals surface area contributed by atoms with Crippen LogP contribution in [-0.4, -0.2) is 46.7 Å². The van der Waals surface area contributed by atoms with E-state index < -0.39 is 0 Å². The van der Waals surface area contributed by atoms with Gasteiger partial charge >= 0.3 is 0 Å². The number of piperazine rings is 1. The normalized spacial score (nSPS) is 19.8. The van der Waals surface area contributed by atoms with Gasteiger partial charge in [-0.25, -0.2) is 0 Å². The molecule has 0 aromatic heterocycles. The van der Waals surface area contributed by atoms with Crippen molar-refractivity contribution >= 4 is 17.7 Å². The van der Waals surface area contributed by atoms with Crippen molar-refractivity contribution < 1.29 is 14.4 Å². The van der Waals surface area contributed by atoms with Crippen LogP contribution in [0.4, 0.5) is 0 Å². The highest BCUT2D eigenvalue weighted by molar-refractivity contribution is 5.95. The van der Waals surface area contributed by atoms with Gasteiger partial charge in [0.1, 0.15) is 12.6 Å². The summed E-state index contributed by atoms with van der Waals surface area (Å²) < 4.78 is 0. The first kappa shape index (κ1) is 19.2. The Morgan fingerprint density at radius 2 is 1.83 bits per heavy atom. The predicted octanol–water partition coefficient (Wildman–Crippen LogP) is 2.51. The zero-order chi connectivity index (χ0) is 20.4. The lowest BCUT2D eigenvalue weighted by atomic mass is 10.1. The minimum atomic E-state index is -0.291. The first-order chi connectivity index (χ1) is 14.0. The van der Waals surface area contributed by atoms with Crippen LogP contribution < -0.4 is 5.32 Å². The number of carbonyl (C=O) groups is 3. The van der Waals surface area contributed by atoms with E-state index in [0.29, 0.717) is 18.7 Å². The Bertz CT molecular complexity index is 911. The first-order valence-electron chi connectivity index (χ1n) is 10.1. The summed E-state index contributed by atoms with van der Waals surface area (Å²) in [5.74, 6) is -0.0858. The molecule has 2 fully saturated rings. The molecule has 0 saturated carbocycles. The second-order valence-electron chi connectivity index (χ2n) is 7.74. The van der Waals surface area contributed by atoms with Crippen LogP contribution in [0.15, 0.2) is 54.6 Å². The van der Waals surface area contributed by atoms with E-state index in [9.17, 15) is 14.4 Å². The largest absolute Gasteiger partial charge is 0.346 e. The van der Waals surface area contributed by atoms with Crippen LogP contribution in [0.25, 0.3) is 0 Å². The van der Waals surface area contributed by atoms with Gasteiger partial charge in [-0.1, -0.05) is 42.5 Å². The Morgan fingerprint density at radius 1 is 1.10 bits per heavy atom. The molecule has 2 aromatic rings. The smallest absolute Gasteiger partial charge is 0.251 e. The zero-order valence-corrected chi connectivity index (χ0v) is 16.5. The minimum Gasteiger partial charge on any atom is -0.346 e. The lowest BCUT2D eigenvalue weighted by Crippen LogP contribution is -2.56. The maximum Gasteiger partial charge on any atom is 0.251 e. The fourth-order valence-corrected chi connectivity index (χ4v) is 4.09. The number of nitrogens with zero attached hydrogens (tertiary/aromatic N) is 2. The van der Waals surface area contributed by atoms with Crippen LogP contribution in [0.3, 0.4) is 0 Å². The molecule has 6 nitrogen and oxygen atoms in total. The summed E-state index contributed by atoms with van der Waals surface area (Å²) >= 11 is 0. The van der Waals surface area contributed by atoms with Crippen molar-refractivity contribution in [1.29, 1.82) is 0 Å². The summed E-state index contributed by atoms with van der Waals surface area (Å²) in [6.45, 7) is 3.16. The molecule has 3 amide bonds. The standard InChI is InChI=1S/C23H25N3O3/c1-16(18-6-3-2-4-7-18)24-22(28)19-11-9-17(10-12-19)14-25-15-21(27)26-13-5-8-20(26)23(25)29/h2-4,6-7,9-12,16,20H,5,8,13-15H2,1H3,(H,24,28)/t16-,20-/m1/s1. The molecule has 150 valence electrons. The van der Waals surface area contributed by atoms with Gasteiger partial charge in [-0.15, -0.1) is 0 Å². The highest BCUT2D eigenvalue weighted by atomic mass is 16.2. The topological polar surface area (TPSA) is 69.7 Å². The van der Waals surface area contributed by atoms with Gasteiger partial charge in [0.2, 0.25) is 11.8 Å². The van der Waals surface area contributed by atoms with E-state index in [2.05, 4.69) is 5.32 Å². The average molecular weight is 391 g/mol. The number of hydrogen-bond donors (Lipinski definition) is 1. The third-order valence-electron chi connectivity index (χ3n) is 5.73. The number of nitrogens with one attached hydrogen (secondary N) is 1. The molecular formula is C23H25N3O3. The van der Waals surface area contributed by atoms with E-state index in [1.165, 1.54) is 0 Å².